The number of carboxylic acids is 1. The second kappa shape index (κ2) is 19.5. The summed E-state index contributed by atoms with van der Waals surface area (Å²) in [5.74, 6) is -3.83. The van der Waals surface area contributed by atoms with E-state index in [0.717, 1.165) is 101 Å². The monoisotopic (exact) mass is 735 g/mol. The molecule has 3 nitrogen and oxygen atoms in total. The number of halogens is 6. The third-order valence-corrected chi connectivity index (χ3v) is 11.1. The van der Waals surface area contributed by atoms with Crippen LogP contribution in [0.4, 0.5) is 26.3 Å². The average Bonchev–Trinajstić information content (AvgIpc) is 3.14. The van der Waals surface area contributed by atoms with Gasteiger partial charge in [-0.25, -0.2) is 31.1 Å². The van der Waals surface area contributed by atoms with Crippen LogP contribution >= 0.6 is 0 Å². The van der Waals surface area contributed by atoms with Gasteiger partial charge in [0.2, 0.25) is 0 Å². The predicted octanol–water partition coefficient (Wildman–Crippen LogP) is 12.8. The summed E-state index contributed by atoms with van der Waals surface area (Å²) in [7, 11) is 0. The lowest BCUT2D eigenvalue weighted by atomic mass is 9.78. The van der Waals surface area contributed by atoms with E-state index in [0.29, 0.717) is 34.8 Å². The second-order valence-electron chi connectivity index (χ2n) is 14.4. The molecule has 3 fully saturated rings. The lowest BCUT2D eigenvalue weighted by Crippen LogP contribution is -2.13. The molecule has 3 aliphatic carbocycles. The maximum atomic E-state index is 13.6. The van der Waals surface area contributed by atoms with E-state index < -0.39 is 52.0 Å². The van der Waals surface area contributed by atoms with Crippen molar-refractivity contribution in [2.24, 2.45) is 17.8 Å². The highest BCUT2D eigenvalue weighted by Crippen LogP contribution is 2.39. The van der Waals surface area contributed by atoms with Crippen LogP contribution in [0.3, 0.4) is 0 Å². The SMILES string of the molecule is C=CC1CCC(c2cc(F)c(C#N)c(F)c2)CC1.C=CC1CCC(c2cc(F)c(C(=O)O)c(F)c2)CC1.C=CC1CCC(c2cc(F)cc(F)c2)CC1. The van der Waals surface area contributed by atoms with Gasteiger partial charge in [-0.1, -0.05) is 18.2 Å². The van der Waals surface area contributed by atoms with Gasteiger partial charge in [-0.3, -0.25) is 0 Å². The molecule has 3 aromatic rings. The number of hydrogen-bond acceptors (Lipinski definition) is 2. The Morgan fingerprint density at radius 2 is 0.849 bits per heavy atom. The third kappa shape index (κ3) is 11.2. The second-order valence-corrected chi connectivity index (χ2v) is 14.4. The highest BCUT2D eigenvalue weighted by atomic mass is 19.2. The van der Waals surface area contributed by atoms with Crippen molar-refractivity contribution in [1.29, 1.82) is 5.26 Å². The van der Waals surface area contributed by atoms with Gasteiger partial charge in [-0.15, -0.1) is 19.7 Å². The first-order chi connectivity index (χ1) is 25.4. The van der Waals surface area contributed by atoms with Crippen LogP contribution in [0.5, 0.6) is 0 Å². The molecule has 3 aliphatic rings. The molecule has 3 aromatic carbocycles. The minimum absolute atomic E-state index is 0.100. The number of allylic oxidation sites excluding steroid dienone is 3. The largest absolute Gasteiger partial charge is 0.477 e. The molecular formula is C44H47F6NO2. The number of aromatic carboxylic acids is 1. The van der Waals surface area contributed by atoms with Crippen LogP contribution < -0.4 is 0 Å². The molecule has 9 heteroatoms. The first-order valence-corrected chi connectivity index (χ1v) is 18.3. The minimum Gasteiger partial charge on any atom is -0.477 e. The van der Waals surface area contributed by atoms with Crippen LogP contribution in [-0.2, 0) is 0 Å². The average molecular weight is 736 g/mol. The topological polar surface area (TPSA) is 61.1 Å². The highest BCUT2D eigenvalue weighted by molar-refractivity contribution is 5.88. The number of benzene rings is 3. The Morgan fingerprint density at radius 3 is 1.13 bits per heavy atom. The van der Waals surface area contributed by atoms with Crippen LogP contribution in [0.25, 0.3) is 0 Å². The van der Waals surface area contributed by atoms with Gasteiger partial charge in [0, 0.05) is 6.07 Å². The Bertz CT molecular complexity index is 1730. The van der Waals surface area contributed by atoms with Gasteiger partial charge < -0.3 is 5.11 Å². The first-order valence-electron chi connectivity index (χ1n) is 18.3. The van der Waals surface area contributed by atoms with Gasteiger partial charge in [0.1, 0.15) is 52.1 Å². The van der Waals surface area contributed by atoms with Gasteiger partial charge in [-0.05, 0) is 166 Å². The van der Waals surface area contributed by atoms with Crippen molar-refractivity contribution in [3.8, 4) is 6.07 Å². The minimum atomic E-state index is -1.57. The smallest absolute Gasteiger partial charge is 0.341 e. The summed E-state index contributed by atoms with van der Waals surface area (Å²) < 4.78 is 80.4. The number of nitriles is 1. The van der Waals surface area contributed by atoms with E-state index >= 15 is 0 Å². The molecule has 1 N–H and O–H groups in total. The van der Waals surface area contributed by atoms with E-state index in [1.54, 1.807) is 6.07 Å². The van der Waals surface area contributed by atoms with Crippen molar-refractivity contribution >= 4 is 5.97 Å². The Morgan fingerprint density at radius 1 is 0.547 bits per heavy atom. The highest BCUT2D eigenvalue weighted by Gasteiger charge is 2.26. The number of carbonyl (C=O) groups is 1. The van der Waals surface area contributed by atoms with Gasteiger partial charge in [0.05, 0.1) is 0 Å². The van der Waals surface area contributed by atoms with Gasteiger partial charge >= 0.3 is 5.97 Å². The molecule has 6 rings (SSSR count). The molecule has 0 amide bonds. The predicted molar refractivity (Wildman–Crippen MR) is 195 cm³/mol. The molecule has 0 aliphatic heterocycles. The Labute approximate surface area is 308 Å². The van der Waals surface area contributed by atoms with Crippen molar-refractivity contribution in [3.63, 3.8) is 0 Å². The van der Waals surface area contributed by atoms with Crippen molar-refractivity contribution in [2.45, 2.75) is 94.8 Å². The molecule has 0 spiro atoms. The molecule has 0 bridgehead atoms. The number of rotatable bonds is 7. The Balaban J connectivity index is 0.000000178. The normalized spacial score (nSPS) is 23.9. The third-order valence-electron chi connectivity index (χ3n) is 11.1. The summed E-state index contributed by atoms with van der Waals surface area (Å²) in [4.78, 5) is 10.7. The maximum absolute atomic E-state index is 13.6. The van der Waals surface area contributed by atoms with Gasteiger partial charge in [-0.2, -0.15) is 5.26 Å². The van der Waals surface area contributed by atoms with E-state index in [2.05, 4.69) is 19.7 Å². The van der Waals surface area contributed by atoms with E-state index in [9.17, 15) is 31.1 Å². The van der Waals surface area contributed by atoms with Crippen molar-refractivity contribution in [3.05, 3.63) is 143 Å². The number of carboxylic acid groups (broad SMARTS) is 1. The van der Waals surface area contributed by atoms with Crippen molar-refractivity contribution < 1.29 is 36.2 Å². The zero-order valence-corrected chi connectivity index (χ0v) is 29.9. The van der Waals surface area contributed by atoms with Crippen molar-refractivity contribution in [2.75, 3.05) is 0 Å². The molecule has 0 unspecified atom stereocenters. The lowest BCUT2D eigenvalue weighted by molar-refractivity contribution is 0.0686. The molecule has 0 saturated heterocycles. The van der Waals surface area contributed by atoms with Gasteiger partial charge in [0.25, 0.3) is 0 Å². The maximum Gasteiger partial charge on any atom is 0.341 e. The fraction of sp³-hybridized carbons (Fsp3) is 0.409. The van der Waals surface area contributed by atoms with E-state index in [-0.39, 0.29) is 11.8 Å². The van der Waals surface area contributed by atoms with E-state index in [1.807, 2.05) is 18.2 Å². The van der Waals surface area contributed by atoms with Crippen molar-refractivity contribution in [1.82, 2.24) is 0 Å². The summed E-state index contributed by atoms with van der Waals surface area (Å²) in [6, 6.07) is 10.3. The summed E-state index contributed by atoms with van der Waals surface area (Å²) in [5.41, 5.74) is 0.677. The summed E-state index contributed by atoms with van der Waals surface area (Å²) in [6.45, 7) is 11.3. The molecular weight excluding hydrogens is 688 g/mol. The Hall–Kier alpha value is -4.58. The first kappa shape index (κ1) is 41.2. The van der Waals surface area contributed by atoms with Crippen LogP contribution in [0.1, 0.15) is 127 Å². The number of nitrogens with zero attached hydrogens (tertiary/aromatic N) is 1. The quantitative estimate of drug-likeness (QED) is 0.194. The van der Waals surface area contributed by atoms with E-state index in [1.165, 1.54) is 24.3 Å². The Kier molecular flexibility index (Phi) is 15.1. The molecule has 53 heavy (non-hydrogen) atoms. The molecule has 0 heterocycles. The molecule has 0 aromatic heterocycles. The van der Waals surface area contributed by atoms with Crippen LogP contribution in [0.2, 0.25) is 0 Å². The fourth-order valence-corrected chi connectivity index (χ4v) is 7.84. The molecule has 282 valence electrons. The molecule has 0 atom stereocenters. The van der Waals surface area contributed by atoms with Crippen LogP contribution in [-0.4, -0.2) is 11.1 Å². The zero-order chi connectivity index (χ0) is 38.7. The zero-order valence-electron chi connectivity index (χ0n) is 29.9. The number of hydrogen-bond donors (Lipinski definition) is 1. The van der Waals surface area contributed by atoms with Crippen LogP contribution in [0.15, 0.2) is 80.4 Å². The summed E-state index contributed by atoms with van der Waals surface area (Å²) >= 11 is 0. The van der Waals surface area contributed by atoms with Crippen LogP contribution in [0, 0.1) is 64.0 Å². The molecule has 0 radical (unpaired) electrons. The van der Waals surface area contributed by atoms with E-state index in [4.69, 9.17) is 10.4 Å². The lowest BCUT2D eigenvalue weighted by Gasteiger charge is -2.27. The summed E-state index contributed by atoms with van der Waals surface area (Å²) in [6.07, 6.45) is 17.5. The van der Waals surface area contributed by atoms with Gasteiger partial charge in [0.15, 0.2) is 0 Å². The standard InChI is InChI=1S/C15H15F2N.C15H16F2O2.C14H16F2/c1-2-10-3-5-11(6-4-10)12-7-14(16)13(9-18)15(17)8-12;1-2-9-3-5-10(6-4-9)11-7-12(16)14(15(18)19)13(17)8-11;1-2-10-3-5-11(6-4-10)12-7-13(15)9-14(16)8-12/h2,7-8,10-11H,1,3-6H2;2,7-10H,1,3-6H2,(H,18,19);2,7-11H,1,3-6H2. The summed E-state index contributed by atoms with van der Waals surface area (Å²) in [5, 5.41) is 17.3. The fourth-order valence-electron chi connectivity index (χ4n) is 7.84. The molecule has 3 saturated carbocycles.